The van der Waals surface area contributed by atoms with Crippen molar-refractivity contribution in [1.29, 1.82) is 0 Å². The third kappa shape index (κ3) is 3.12. The van der Waals surface area contributed by atoms with E-state index in [2.05, 4.69) is 31.2 Å². The average Bonchev–Trinajstić information content (AvgIpc) is 2.89. The van der Waals surface area contributed by atoms with Crippen LogP contribution in [0.3, 0.4) is 0 Å². The van der Waals surface area contributed by atoms with E-state index in [0.717, 1.165) is 21.2 Å². The molecule has 1 heterocycles. The van der Waals surface area contributed by atoms with Crippen molar-refractivity contribution in [1.82, 2.24) is 9.97 Å². The molecule has 0 atom stereocenters. The van der Waals surface area contributed by atoms with Gasteiger partial charge in [0.15, 0.2) is 0 Å². The van der Waals surface area contributed by atoms with Gasteiger partial charge >= 0.3 is 5.97 Å². The largest absolute Gasteiger partial charge is 0.462 e. The van der Waals surface area contributed by atoms with Crippen LogP contribution >= 0.6 is 15.9 Å². The molecule has 3 rings (SSSR count). The number of carbonyl (C=O) groups is 1. The number of rotatable bonds is 4. The molecular weight excluding hydrogens is 346 g/mol. The van der Waals surface area contributed by atoms with Gasteiger partial charge in [-0.1, -0.05) is 22.0 Å². The second-order valence-corrected chi connectivity index (χ2v) is 5.59. The van der Waals surface area contributed by atoms with Crippen LogP contribution in [0.1, 0.15) is 17.3 Å². The van der Waals surface area contributed by atoms with E-state index in [1.807, 2.05) is 24.3 Å². The SMILES string of the molecule is CCOC(=O)c1cccc(Nc2nc3ccc(Br)cc3[nH]2)c1. The van der Waals surface area contributed by atoms with Crippen LogP contribution in [0.25, 0.3) is 11.0 Å². The van der Waals surface area contributed by atoms with Crippen LogP contribution in [0.2, 0.25) is 0 Å². The molecule has 0 fully saturated rings. The molecular formula is C16H14BrN3O2. The number of aromatic nitrogens is 2. The summed E-state index contributed by atoms with van der Waals surface area (Å²) in [7, 11) is 0. The minimum absolute atomic E-state index is 0.334. The van der Waals surface area contributed by atoms with Gasteiger partial charge in [-0.15, -0.1) is 0 Å². The average molecular weight is 360 g/mol. The fourth-order valence-electron chi connectivity index (χ4n) is 2.12. The number of nitrogens with zero attached hydrogens (tertiary/aromatic N) is 1. The first kappa shape index (κ1) is 14.6. The smallest absolute Gasteiger partial charge is 0.338 e. The highest BCUT2D eigenvalue weighted by Crippen LogP contribution is 2.22. The zero-order chi connectivity index (χ0) is 15.5. The van der Waals surface area contributed by atoms with Crippen LogP contribution in [0, 0.1) is 0 Å². The summed E-state index contributed by atoms with van der Waals surface area (Å²) >= 11 is 3.43. The van der Waals surface area contributed by atoms with Gasteiger partial charge in [-0.2, -0.15) is 0 Å². The highest BCUT2D eigenvalue weighted by Gasteiger charge is 2.08. The van der Waals surface area contributed by atoms with Crippen molar-refractivity contribution in [2.75, 3.05) is 11.9 Å². The number of hydrogen-bond donors (Lipinski definition) is 2. The molecule has 0 saturated heterocycles. The molecule has 6 heteroatoms. The lowest BCUT2D eigenvalue weighted by Crippen LogP contribution is -2.05. The number of esters is 1. The quantitative estimate of drug-likeness (QED) is 0.683. The predicted octanol–water partition coefficient (Wildman–Crippen LogP) is 4.25. The molecule has 0 radical (unpaired) electrons. The van der Waals surface area contributed by atoms with Crippen molar-refractivity contribution in [3.05, 3.63) is 52.5 Å². The van der Waals surface area contributed by atoms with Crippen molar-refractivity contribution in [3.63, 3.8) is 0 Å². The Morgan fingerprint density at radius 3 is 3.00 bits per heavy atom. The van der Waals surface area contributed by atoms with E-state index in [1.165, 1.54) is 0 Å². The van der Waals surface area contributed by atoms with Crippen LogP contribution in [0.4, 0.5) is 11.6 Å². The number of imidazole rings is 1. The molecule has 5 nitrogen and oxygen atoms in total. The summed E-state index contributed by atoms with van der Waals surface area (Å²) < 4.78 is 5.98. The predicted molar refractivity (Wildman–Crippen MR) is 89.5 cm³/mol. The fraction of sp³-hybridized carbons (Fsp3) is 0.125. The van der Waals surface area contributed by atoms with Crippen molar-refractivity contribution in [3.8, 4) is 0 Å². The third-order valence-corrected chi connectivity index (χ3v) is 3.57. The summed E-state index contributed by atoms with van der Waals surface area (Å²) in [6.07, 6.45) is 0. The van der Waals surface area contributed by atoms with Gasteiger partial charge in [0.2, 0.25) is 5.95 Å². The molecule has 3 aromatic rings. The standard InChI is InChI=1S/C16H14BrN3O2/c1-2-22-15(21)10-4-3-5-12(8-10)18-16-19-13-7-6-11(17)9-14(13)20-16/h3-9H,2H2,1H3,(H2,18,19,20). The number of anilines is 2. The van der Waals surface area contributed by atoms with Crippen molar-refractivity contribution in [2.24, 2.45) is 0 Å². The van der Waals surface area contributed by atoms with Crippen molar-refractivity contribution >= 4 is 44.6 Å². The van der Waals surface area contributed by atoms with E-state index in [0.29, 0.717) is 18.1 Å². The van der Waals surface area contributed by atoms with Gasteiger partial charge < -0.3 is 15.0 Å². The molecule has 0 aliphatic carbocycles. The number of aromatic amines is 1. The Hall–Kier alpha value is -2.34. The Morgan fingerprint density at radius 2 is 2.18 bits per heavy atom. The number of fused-ring (bicyclic) bond motifs is 1. The number of carbonyl (C=O) groups excluding carboxylic acids is 1. The molecule has 0 unspecified atom stereocenters. The summed E-state index contributed by atoms with van der Waals surface area (Å²) in [5, 5.41) is 3.16. The van der Waals surface area contributed by atoms with Crippen LogP contribution in [-0.2, 0) is 4.74 Å². The van der Waals surface area contributed by atoms with Gasteiger partial charge in [-0.05, 0) is 43.3 Å². The lowest BCUT2D eigenvalue weighted by Gasteiger charge is -2.05. The third-order valence-electron chi connectivity index (χ3n) is 3.08. The fourth-order valence-corrected chi connectivity index (χ4v) is 2.48. The van der Waals surface area contributed by atoms with Crippen LogP contribution in [-0.4, -0.2) is 22.5 Å². The highest BCUT2D eigenvalue weighted by molar-refractivity contribution is 9.10. The zero-order valence-corrected chi connectivity index (χ0v) is 13.5. The monoisotopic (exact) mass is 359 g/mol. The normalized spacial score (nSPS) is 10.6. The molecule has 0 spiro atoms. The number of halogens is 1. The minimum Gasteiger partial charge on any atom is -0.462 e. The van der Waals surface area contributed by atoms with Crippen LogP contribution < -0.4 is 5.32 Å². The molecule has 2 N–H and O–H groups in total. The number of nitrogens with one attached hydrogen (secondary N) is 2. The Labute approximate surface area is 135 Å². The first-order chi connectivity index (χ1) is 10.7. The zero-order valence-electron chi connectivity index (χ0n) is 11.9. The van der Waals surface area contributed by atoms with E-state index in [-0.39, 0.29) is 5.97 Å². The first-order valence-corrected chi connectivity index (χ1v) is 7.64. The van der Waals surface area contributed by atoms with E-state index >= 15 is 0 Å². The molecule has 1 aromatic heterocycles. The van der Waals surface area contributed by atoms with Crippen LogP contribution in [0.5, 0.6) is 0 Å². The molecule has 0 bridgehead atoms. The lowest BCUT2D eigenvalue weighted by molar-refractivity contribution is 0.0526. The second-order valence-electron chi connectivity index (χ2n) is 4.67. The minimum atomic E-state index is -0.334. The van der Waals surface area contributed by atoms with Gasteiger partial charge in [0.25, 0.3) is 0 Å². The first-order valence-electron chi connectivity index (χ1n) is 6.85. The maximum Gasteiger partial charge on any atom is 0.338 e. The summed E-state index contributed by atoms with van der Waals surface area (Å²) in [6, 6.07) is 13.0. The number of ether oxygens (including phenoxy) is 1. The van der Waals surface area contributed by atoms with Gasteiger partial charge in [-0.3, -0.25) is 0 Å². The Balaban J connectivity index is 1.85. The summed E-state index contributed by atoms with van der Waals surface area (Å²) in [6.45, 7) is 2.14. The number of benzene rings is 2. The molecule has 0 saturated carbocycles. The van der Waals surface area contributed by atoms with Gasteiger partial charge in [0.1, 0.15) is 0 Å². The number of hydrogen-bond acceptors (Lipinski definition) is 4. The Bertz CT molecular complexity index is 829. The molecule has 112 valence electrons. The summed E-state index contributed by atoms with van der Waals surface area (Å²) in [5.41, 5.74) is 3.07. The van der Waals surface area contributed by atoms with E-state index in [1.54, 1.807) is 25.1 Å². The molecule has 0 aliphatic rings. The molecule has 2 aromatic carbocycles. The molecule has 0 amide bonds. The maximum atomic E-state index is 11.7. The maximum absolute atomic E-state index is 11.7. The van der Waals surface area contributed by atoms with Crippen molar-refractivity contribution in [2.45, 2.75) is 6.92 Å². The van der Waals surface area contributed by atoms with Crippen molar-refractivity contribution < 1.29 is 9.53 Å². The topological polar surface area (TPSA) is 67.0 Å². The van der Waals surface area contributed by atoms with Gasteiger partial charge in [-0.25, -0.2) is 9.78 Å². The van der Waals surface area contributed by atoms with Gasteiger partial charge in [0.05, 0.1) is 23.2 Å². The van der Waals surface area contributed by atoms with E-state index < -0.39 is 0 Å². The highest BCUT2D eigenvalue weighted by atomic mass is 79.9. The Morgan fingerprint density at radius 1 is 1.32 bits per heavy atom. The number of H-pyrrole nitrogens is 1. The molecule has 0 aliphatic heterocycles. The molecule has 22 heavy (non-hydrogen) atoms. The Kier molecular flexibility index (Phi) is 4.11. The summed E-state index contributed by atoms with van der Waals surface area (Å²) in [5.74, 6) is 0.286. The van der Waals surface area contributed by atoms with Gasteiger partial charge in [0, 0.05) is 10.2 Å². The van der Waals surface area contributed by atoms with E-state index in [9.17, 15) is 4.79 Å². The second kappa shape index (κ2) is 6.19. The van der Waals surface area contributed by atoms with E-state index in [4.69, 9.17) is 4.74 Å². The van der Waals surface area contributed by atoms with Crippen LogP contribution in [0.15, 0.2) is 46.9 Å². The lowest BCUT2D eigenvalue weighted by atomic mass is 10.2. The summed E-state index contributed by atoms with van der Waals surface area (Å²) in [4.78, 5) is 19.4.